The highest BCUT2D eigenvalue weighted by atomic mass is 19.1. The molecule has 0 unspecified atom stereocenters. The van der Waals surface area contributed by atoms with Gasteiger partial charge in [-0.15, -0.1) is 0 Å². The molecule has 2 nitrogen and oxygen atoms in total. The number of fused-ring (bicyclic) bond motifs is 1. The fourth-order valence-corrected chi connectivity index (χ4v) is 2.60. The van der Waals surface area contributed by atoms with Crippen molar-refractivity contribution in [2.24, 2.45) is 0 Å². The molecule has 0 saturated heterocycles. The van der Waals surface area contributed by atoms with E-state index >= 15 is 0 Å². The molecule has 0 amide bonds. The smallest absolute Gasteiger partial charge is 0.167 e. The second-order valence-electron chi connectivity index (χ2n) is 5.24. The summed E-state index contributed by atoms with van der Waals surface area (Å²) in [6.07, 6.45) is 1.83. The van der Waals surface area contributed by atoms with E-state index in [4.69, 9.17) is 0 Å². The fraction of sp³-hybridized carbons (Fsp3) is 0.235. The summed E-state index contributed by atoms with van der Waals surface area (Å²) in [6, 6.07) is 8.64. The third-order valence-electron chi connectivity index (χ3n) is 3.72. The summed E-state index contributed by atoms with van der Waals surface area (Å²) < 4.78 is 26.7. The predicted molar refractivity (Wildman–Crippen MR) is 77.6 cm³/mol. The van der Waals surface area contributed by atoms with Crippen molar-refractivity contribution >= 4 is 11.5 Å². The lowest BCUT2D eigenvalue weighted by molar-refractivity contribution is 0.0991. The number of Topliss-reactive ketones (excluding diaryl/α,β-unsaturated/α-hetero) is 1. The van der Waals surface area contributed by atoms with Crippen molar-refractivity contribution in [3.63, 3.8) is 0 Å². The maximum Gasteiger partial charge on any atom is 0.167 e. The van der Waals surface area contributed by atoms with E-state index in [1.54, 1.807) is 6.07 Å². The minimum atomic E-state index is -0.552. The normalized spacial score (nSPS) is 13.4. The van der Waals surface area contributed by atoms with Gasteiger partial charge in [-0.3, -0.25) is 4.79 Å². The summed E-state index contributed by atoms with van der Waals surface area (Å²) in [7, 11) is 0. The van der Waals surface area contributed by atoms with E-state index in [-0.39, 0.29) is 17.8 Å². The number of rotatable bonds is 3. The predicted octanol–water partition coefficient (Wildman–Crippen LogP) is 3.75. The van der Waals surface area contributed by atoms with Gasteiger partial charge in [0.1, 0.15) is 11.6 Å². The van der Waals surface area contributed by atoms with E-state index in [1.807, 2.05) is 12.1 Å². The van der Waals surface area contributed by atoms with Crippen LogP contribution in [-0.2, 0) is 12.8 Å². The molecule has 108 valence electrons. The molecule has 0 atom stereocenters. The molecule has 0 aromatic heterocycles. The Labute approximate surface area is 121 Å². The van der Waals surface area contributed by atoms with E-state index in [0.717, 1.165) is 48.8 Å². The molecule has 0 radical (unpaired) electrons. The summed E-state index contributed by atoms with van der Waals surface area (Å²) in [5.41, 5.74) is 2.79. The summed E-state index contributed by atoms with van der Waals surface area (Å²) in [5, 5.41) is 3.27. The molecule has 0 fully saturated rings. The van der Waals surface area contributed by atoms with Crippen LogP contribution in [0.2, 0.25) is 0 Å². The fourth-order valence-electron chi connectivity index (χ4n) is 2.60. The van der Waals surface area contributed by atoms with E-state index in [1.165, 1.54) is 0 Å². The van der Waals surface area contributed by atoms with Crippen molar-refractivity contribution in [3.8, 4) is 0 Å². The number of benzene rings is 2. The minimum absolute atomic E-state index is 0.0934. The van der Waals surface area contributed by atoms with Crippen molar-refractivity contribution in [1.29, 1.82) is 0 Å². The zero-order chi connectivity index (χ0) is 14.8. The van der Waals surface area contributed by atoms with Crippen LogP contribution in [0.4, 0.5) is 14.5 Å². The summed E-state index contributed by atoms with van der Waals surface area (Å²) in [4.78, 5) is 12.3. The molecule has 21 heavy (non-hydrogen) atoms. The molecule has 0 spiro atoms. The number of hydrogen-bond donors (Lipinski definition) is 1. The first-order chi connectivity index (χ1) is 10.1. The van der Waals surface area contributed by atoms with Gasteiger partial charge in [0.15, 0.2) is 5.78 Å². The van der Waals surface area contributed by atoms with Gasteiger partial charge in [-0.05, 0) is 60.4 Å². The van der Waals surface area contributed by atoms with Crippen LogP contribution >= 0.6 is 0 Å². The molecule has 1 aliphatic rings. The topological polar surface area (TPSA) is 29.1 Å². The maximum absolute atomic E-state index is 13.6. The van der Waals surface area contributed by atoms with E-state index in [0.29, 0.717) is 5.56 Å². The average Bonchev–Trinajstić information content (AvgIpc) is 2.50. The van der Waals surface area contributed by atoms with Crippen LogP contribution in [0.15, 0.2) is 36.4 Å². The van der Waals surface area contributed by atoms with Gasteiger partial charge >= 0.3 is 0 Å². The number of ketones is 1. The Bertz CT molecular complexity index is 697. The Morgan fingerprint density at radius 1 is 1.14 bits per heavy atom. The third kappa shape index (κ3) is 2.94. The van der Waals surface area contributed by atoms with Crippen LogP contribution in [-0.4, -0.2) is 12.3 Å². The lowest BCUT2D eigenvalue weighted by Gasteiger charge is -2.18. The zero-order valence-electron chi connectivity index (χ0n) is 11.5. The van der Waals surface area contributed by atoms with Crippen LogP contribution < -0.4 is 5.32 Å². The molecule has 2 aromatic rings. The number of carbonyl (C=O) groups is 1. The Morgan fingerprint density at radius 2 is 2.00 bits per heavy atom. The monoisotopic (exact) mass is 287 g/mol. The average molecular weight is 287 g/mol. The molecular formula is C17H15F2NO. The molecule has 3 rings (SSSR count). The first-order valence-corrected chi connectivity index (χ1v) is 6.97. The maximum atomic E-state index is 13.6. The number of aryl methyl sites for hydroxylation is 1. The van der Waals surface area contributed by atoms with Gasteiger partial charge in [-0.25, -0.2) is 8.78 Å². The van der Waals surface area contributed by atoms with E-state index in [2.05, 4.69) is 5.32 Å². The Morgan fingerprint density at radius 3 is 2.86 bits per heavy atom. The van der Waals surface area contributed by atoms with Crippen molar-refractivity contribution in [3.05, 3.63) is 64.7 Å². The first kappa shape index (κ1) is 13.7. The number of carbonyl (C=O) groups excluding carboxylic acids is 1. The number of hydrogen-bond acceptors (Lipinski definition) is 2. The van der Waals surface area contributed by atoms with Gasteiger partial charge in [0, 0.05) is 24.2 Å². The molecule has 1 heterocycles. The second-order valence-corrected chi connectivity index (χ2v) is 5.24. The standard InChI is InChI=1S/C17H15F2NO/c18-14-4-5-15(19)13(9-14)10-17(21)12-3-6-16-11(8-12)2-1-7-20-16/h3-6,8-9,20H,1-2,7,10H2. The Hall–Kier alpha value is -2.23. The molecule has 4 heteroatoms. The van der Waals surface area contributed by atoms with Gasteiger partial charge < -0.3 is 5.32 Å². The summed E-state index contributed by atoms with van der Waals surface area (Å²) in [5.74, 6) is -1.29. The number of halogens is 2. The van der Waals surface area contributed by atoms with Crippen LogP contribution in [0, 0.1) is 11.6 Å². The minimum Gasteiger partial charge on any atom is -0.385 e. The number of nitrogens with one attached hydrogen (secondary N) is 1. The first-order valence-electron chi connectivity index (χ1n) is 6.97. The Kier molecular flexibility index (Phi) is 3.69. The second kappa shape index (κ2) is 5.64. The van der Waals surface area contributed by atoms with Gasteiger partial charge in [-0.2, -0.15) is 0 Å². The van der Waals surface area contributed by atoms with Crippen LogP contribution in [0.25, 0.3) is 0 Å². The number of anilines is 1. The Balaban J connectivity index is 1.83. The van der Waals surface area contributed by atoms with Crippen LogP contribution in [0.5, 0.6) is 0 Å². The van der Waals surface area contributed by atoms with Crippen LogP contribution in [0.1, 0.15) is 27.9 Å². The van der Waals surface area contributed by atoms with Gasteiger partial charge in [-0.1, -0.05) is 0 Å². The summed E-state index contributed by atoms with van der Waals surface area (Å²) in [6.45, 7) is 0.939. The van der Waals surface area contributed by atoms with Gasteiger partial charge in [0.05, 0.1) is 0 Å². The SMILES string of the molecule is O=C(Cc1cc(F)ccc1F)c1ccc2c(c1)CCCN2. The molecule has 1 aliphatic heterocycles. The molecular weight excluding hydrogens is 272 g/mol. The highest BCUT2D eigenvalue weighted by Gasteiger charge is 2.15. The quantitative estimate of drug-likeness (QED) is 0.871. The van der Waals surface area contributed by atoms with E-state index < -0.39 is 11.6 Å². The molecule has 2 aromatic carbocycles. The van der Waals surface area contributed by atoms with Crippen molar-refractivity contribution in [2.75, 3.05) is 11.9 Å². The summed E-state index contributed by atoms with van der Waals surface area (Å²) >= 11 is 0. The van der Waals surface area contributed by atoms with Crippen molar-refractivity contribution in [1.82, 2.24) is 0 Å². The molecule has 1 N–H and O–H groups in total. The third-order valence-corrected chi connectivity index (χ3v) is 3.72. The zero-order valence-corrected chi connectivity index (χ0v) is 11.5. The highest BCUT2D eigenvalue weighted by Crippen LogP contribution is 2.24. The van der Waals surface area contributed by atoms with E-state index in [9.17, 15) is 13.6 Å². The van der Waals surface area contributed by atoms with Crippen LogP contribution in [0.3, 0.4) is 0 Å². The van der Waals surface area contributed by atoms with Crippen molar-refractivity contribution < 1.29 is 13.6 Å². The molecule has 0 saturated carbocycles. The lowest BCUT2D eigenvalue weighted by Crippen LogP contribution is -2.13. The molecule has 0 bridgehead atoms. The largest absolute Gasteiger partial charge is 0.385 e. The molecule has 0 aliphatic carbocycles. The lowest BCUT2D eigenvalue weighted by atomic mass is 9.96. The van der Waals surface area contributed by atoms with Gasteiger partial charge in [0.25, 0.3) is 0 Å². The highest BCUT2D eigenvalue weighted by molar-refractivity contribution is 5.98. The van der Waals surface area contributed by atoms with Gasteiger partial charge in [0.2, 0.25) is 0 Å². The van der Waals surface area contributed by atoms with Crippen molar-refractivity contribution in [2.45, 2.75) is 19.3 Å².